The van der Waals surface area contributed by atoms with E-state index in [9.17, 15) is 23.1 Å². The first-order valence-corrected chi connectivity index (χ1v) is 13.8. The van der Waals surface area contributed by atoms with Crippen molar-refractivity contribution in [3.8, 4) is 0 Å². The number of nitrogens with zero attached hydrogens (tertiary/aromatic N) is 4. The third-order valence-corrected chi connectivity index (χ3v) is 9.22. The molecule has 3 fully saturated rings. The molecule has 2 aromatic heterocycles. The lowest BCUT2D eigenvalue weighted by molar-refractivity contribution is -0.144. The van der Waals surface area contributed by atoms with Crippen LogP contribution < -0.4 is 5.32 Å². The number of nitrogens with one attached hydrogen (secondary N) is 1. The molecule has 3 aromatic rings. The molecule has 1 saturated carbocycles. The minimum absolute atomic E-state index is 0.0518. The highest BCUT2D eigenvalue weighted by Crippen LogP contribution is 2.51. The Kier molecular flexibility index (Phi) is 6.84. The number of likely N-dealkylation sites (tertiary alicyclic amines) is 1. The molecule has 4 heterocycles. The average molecular weight is 578 g/mol. The number of fused-ring (bicyclic) bond motifs is 1. The Hall–Kier alpha value is -2.73. The highest BCUT2D eigenvalue weighted by molar-refractivity contribution is 6.32. The average Bonchev–Trinajstić information content (AvgIpc) is 3.50. The number of hydrogen-bond donors (Lipinski definition) is 2. The maximum Gasteiger partial charge on any atom is 0.433 e. The smallest absolute Gasteiger partial charge is 0.389 e. The van der Waals surface area contributed by atoms with E-state index in [-0.39, 0.29) is 22.9 Å². The van der Waals surface area contributed by atoms with Crippen molar-refractivity contribution >= 4 is 34.1 Å². The van der Waals surface area contributed by atoms with Gasteiger partial charge in [-0.15, -0.1) is 0 Å². The first kappa shape index (κ1) is 27.4. The summed E-state index contributed by atoms with van der Waals surface area (Å²) < 4.78 is 46.7. The quantitative estimate of drug-likeness (QED) is 0.456. The van der Waals surface area contributed by atoms with Crippen molar-refractivity contribution < 1.29 is 27.8 Å². The van der Waals surface area contributed by atoms with E-state index in [2.05, 4.69) is 20.3 Å². The predicted octanol–water partition coefficient (Wildman–Crippen LogP) is 4.71. The fourth-order valence-corrected chi connectivity index (χ4v) is 6.67. The molecule has 1 aromatic carbocycles. The molecule has 2 saturated heterocycles. The molecule has 2 N–H and O–H groups in total. The zero-order valence-corrected chi connectivity index (χ0v) is 23.0. The molecule has 0 unspecified atom stereocenters. The summed E-state index contributed by atoms with van der Waals surface area (Å²) in [6.07, 6.45) is -0.0952. The van der Waals surface area contributed by atoms with Crippen LogP contribution >= 0.6 is 11.6 Å². The third-order valence-electron chi connectivity index (χ3n) is 8.90. The minimum Gasteiger partial charge on any atom is -0.389 e. The monoisotopic (exact) mass is 577 g/mol. The molecule has 0 bridgehead atoms. The molecule has 40 heavy (non-hydrogen) atoms. The summed E-state index contributed by atoms with van der Waals surface area (Å²) in [5.41, 5.74) is -0.100. The Morgan fingerprint density at radius 3 is 2.60 bits per heavy atom. The van der Waals surface area contributed by atoms with Crippen molar-refractivity contribution in [1.82, 2.24) is 19.7 Å². The number of aliphatic hydroxyl groups excluding tert-OH is 1. The van der Waals surface area contributed by atoms with Crippen LogP contribution in [0.4, 0.5) is 19.0 Å². The van der Waals surface area contributed by atoms with Crippen molar-refractivity contribution in [3.63, 3.8) is 0 Å². The van der Waals surface area contributed by atoms with Crippen molar-refractivity contribution in [1.29, 1.82) is 0 Å². The number of amides is 1. The standard InChI is InChI=1S/C28H31ClF3N5O3/c1-27(14-40-13-23(27)38)37-5-3-15(4-6-37)18-7-16-9-24(33-11-17(16)8-22(18)29)35-26(39)20-10-19(20)21-12-34-36(2)25(21)28(30,31)32/h7-9,11-12,15,19-20,23,38H,3-6,10,13-14H2,1-2H3,(H,33,35,39)/t19-,20-,23-,27+/m0/s1. The van der Waals surface area contributed by atoms with Crippen molar-refractivity contribution in [3.05, 3.63) is 52.4 Å². The van der Waals surface area contributed by atoms with Crippen LogP contribution in [0.2, 0.25) is 5.02 Å². The SMILES string of the molecule is Cn1ncc([C@H]2C[C@@H]2C(=O)Nc2cc3cc(C4CCN([C@]5(C)COC[C@@H]5O)CC4)c(Cl)cc3cn2)c1C(F)(F)F. The number of alkyl halides is 3. The van der Waals surface area contributed by atoms with Gasteiger partial charge in [-0.1, -0.05) is 11.6 Å². The molecule has 214 valence electrons. The number of aryl methyl sites for hydroxylation is 1. The minimum atomic E-state index is -4.54. The second kappa shape index (κ2) is 9.97. The molecule has 0 radical (unpaired) electrons. The number of carbonyl (C=O) groups is 1. The van der Waals surface area contributed by atoms with E-state index in [4.69, 9.17) is 16.3 Å². The van der Waals surface area contributed by atoms with Crippen LogP contribution in [0.25, 0.3) is 10.8 Å². The van der Waals surface area contributed by atoms with Gasteiger partial charge in [-0.2, -0.15) is 18.3 Å². The first-order valence-electron chi connectivity index (χ1n) is 13.5. The molecule has 12 heteroatoms. The van der Waals surface area contributed by atoms with Gasteiger partial charge in [0.1, 0.15) is 11.5 Å². The lowest BCUT2D eigenvalue weighted by Crippen LogP contribution is -2.56. The Morgan fingerprint density at radius 1 is 1.18 bits per heavy atom. The molecule has 2 aliphatic heterocycles. The summed E-state index contributed by atoms with van der Waals surface area (Å²) in [6, 6.07) is 5.69. The van der Waals surface area contributed by atoms with Crippen LogP contribution in [0.15, 0.2) is 30.6 Å². The van der Waals surface area contributed by atoms with E-state index in [1.807, 2.05) is 19.1 Å². The number of carbonyl (C=O) groups excluding carboxylic acids is 1. The van der Waals surface area contributed by atoms with Gasteiger partial charge in [-0.05, 0) is 80.3 Å². The van der Waals surface area contributed by atoms with Crippen molar-refractivity contribution in [2.45, 2.75) is 55.8 Å². The molecule has 3 aliphatic rings. The lowest BCUT2D eigenvalue weighted by atomic mass is 9.85. The predicted molar refractivity (Wildman–Crippen MR) is 143 cm³/mol. The van der Waals surface area contributed by atoms with E-state index in [0.29, 0.717) is 30.5 Å². The molecule has 4 atom stereocenters. The number of ether oxygens (including phenoxy) is 1. The van der Waals surface area contributed by atoms with Crippen LogP contribution in [0.1, 0.15) is 54.8 Å². The molecule has 1 aliphatic carbocycles. The van der Waals surface area contributed by atoms with Gasteiger partial charge in [0.2, 0.25) is 5.91 Å². The summed E-state index contributed by atoms with van der Waals surface area (Å²) in [5, 5.41) is 19.3. The number of rotatable bonds is 5. The van der Waals surface area contributed by atoms with Crippen LogP contribution in [0, 0.1) is 5.92 Å². The number of piperidine rings is 1. The highest BCUT2D eigenvalue weighted by atomic mass is 35.5. The van der Waals surface area contributed by atoms with E-state index >= 15 is 0 Å². The van der Waals surface area contributed by atoms with Gasteiger partial charge in [0.05, 0.1) is 31.1 Å². The van der Waals surface area contributed by atoms with Crippen LogP contribution in [0.3, 0.4) is 0 Å². The number of aromatic nitrogens is 3. The topological polar surface area (TPSA) is 92.5 Å². The zero-order valence-electron chi connectivity index (χ0n) is 22.2. The van der Waals surface area contributed by atoms with Gasteiger partial charge in [-0.3, -0.25) is 14.4 Å². The Labute approximate surface area is 234 Å². The number of hydrogen-bond acceptors (Lipinski definition) is 6. The maximum absolute atomic E-state index is 13.5. The van der Waals surface area contributed by atoms with E-state index in [1.165, 1.54) is 13.2 Å². The van der Waals surface area contributed by atoms with Gasteiger partial charge < -0.3 is 15.2 Å². The summed E-state index contributed by atoms with van der Waals surface area (Å²) in [6.45, 7) is 4.57. The fourth-order valence-electron chi connectivity index (χ4n) is 6.34. The molecule has 6 rings (SSSR count). The number of aliphatic hydroxyl groups is 1. The molecule has 8 nitrogen and oxygen atoms in total. The van der Waals surface area contributed by atoms with E-state index in [1.54, 1.807) is 12.3 Å². The van der Waals surface area contributed by atoms with Gasteiger partial charge in [0, 0.05) is 35.1 Å². The third kappa shape index (κ3) is 4.87. The largest absolute Gasteiger partial charge is 0.433 e. The van der Waals surface area contributed by atoms with Crippen molar-refractivity contribution in [2.24, 2.45) is 13.0 Å². The molecular weight excluding hydrogens is 547 g/mol. The Morgan fingerprint density at radius 2 is 1.93 bits per heavy atom. The fraction of sp³-hybridized carbons (Fsp3) is 0.536. The van der Waals surface area contributed by atoms with Crippen LogP contribution in [-0.4, -0.2) is 68.6 Å². The summed E-state index contributed by atoms with van der Waals surface area (Å²) in [7, 11) is 1.25. The van der Waals surface area contributed by atoms with E-state index in [0.717, 1.165) is 46.9 Å². The first-order chi connectivity index (χ1) is 19.0. The number of pyridine rings is 1. The molecular formula is C28H31ClF3N5O3. The number of halogens is 4. The summed E-state index contributed by atoms with van der Waals surface area (Å²) >= 11 is 6.69. The normalized spacial score (nSPS) is 27.8. The Balaban J connectivity index is 1.15. The lowest BCUT2D eigenvalue weighted by Gasteiger charge is -2.43. The second-order valence-electron chi connectivity index (χ2n) is 11.4. The van der Waals surface area contributed by atoms with Crippen LogP contribution in [0.5, 0.6) is 0 Å². The second-order valence-corrected chi connectivity index (χ2v) is 11.9. The van der Waals surface area contributed by atoms with Gasteiger partial charge >= 0.3 is 6.18 Å². The van der Waals surface area contributed by atoms with Crippen LogP contribution in [-0.2, 0) is 22.8 Å². The molecule has 0 spiro atoms. The number of anilines is 1. The van der Waals surface area contributed by atoms with Gasteiger partial charge in [-0.25, -0.2) is 4.98 Å². The maximum atomic E-state index is 13.5. The van der Waals surface area contributed by atoms with E-state index < -0.39 is 29.8 Å². The Bertz CT molecular complexity index is 1450. The molecule has 1 amide bonds. The summed E-state index contributed by atoms with van der Waals surface area (Å²) in [4.78, 5) is 19.6. The zero-order chi connectivity index (χ0) is 28.4. The van der Waals surface area contributed by atoms with Gasteiger partial charge in [0.15, 0.2) is 0 Å². The van der Waals surface area contributed by atoms with Gasteiger partial charge in [0.25, 0.3) is 0 Å². The highest BCUT2D eigenvalue weighted by Gasteiger charge is 2.50. The van der Waals surface area contributed by atoms with Crippen molar-refractivity contribution in [2.75, 3.05) is 31.6 Å². The summed E-state index contributed by atoms with van der Waals surface area (Å²) in [5.74, 6) is -0.865. The number of benzene rings is 1.